The number of carbonyl (C=O) groups is 1. The van der Waals surface area contributed by atoms with Crippen LogP contribution in [0.5, 0.6) is 11.5 Å². The van der Waals surface area contributed by atoms with Gasteiger partial charge < -0.3 is 4.74 Å². The maximum absolute atomic E-state index is 11.7. The van der Waals surface area contributed by atoms with Crippen molar-refractivity contribution in [2.45, 2.75) is 19.8 Å². The van der Waals surface area contributed by atoms with E-state index in [0.29, 0.717) is 17.4 Å². The van der Waals surface area contributed by atoms with Crippen molar-refractivity contribution < 1.29 is 17.9 Å². The first-order chi connectivity index (χ1) is 10.7. The Labute approximate surface area is 136 Å². The molecule has 0 saturated carbocycles. The van der Waals surface area contributed by atoms with Crippen LogP contribution in [-0.4, -0.2) is 20.6 Å². The molecule has 0 fully saturated rings. The Hall–Kier alpha value is -2.34. The van der Waals surface area contributed by atoms with E-state index in [1.807, 2.05) is 29.0 Å². The molecule has 0 heterocycles. The molecule has 2 rings (SSSR count). The summed E-state index contributed by atoms with van der Waals surface area (Å²) in [7, 11) is -3.57. The highest BCUT2D eigenvalue weighted by atomic mass is 32.2. The number of amides is 1. The first-order valence-corrected chi connectivity index (χ1v) is 9.04. The van der Waals surface area contributed by atoms with Crippen LogP contribution in [0.15, 0.2) is 48.5 Å². The number of nitrogens with one attached hydrogen (secondary N) is 1. The van der Waals surface area contributed by atoms with E-state index < -0.39 is 15.9 Å². The molecule has 5 nitrogen and oxygen atoms in total. The Morgan fingerprint density at radius 1 is 0.957 bits per heavy atom. The van der Waals surface area contributed by atoms with Gasteiger partial charge in [-0.2, -0.15) is 0 Å². The summed E-state index contributed by atoms with van der Waals surface area (Å²) in [5.74, 6) is 1.05. The molecule has 0 aromatic heterocycles. The fourth-order valence-electron chi connectivity index (χ4n) is 1.96. The SMILES string of the molecule is CC(C)c1ccc(Oc2ccc(C(=O)NS(C)(=O)=O)cc2)cc1. The maximum Gasteiger partial charge on any atom is 0.264 e. The topological polar surface area (TPSA) is 72.5 Å². The van der Waals surface area contributed by atoms with E-state index in [2.05, 4.69) is 13.8 Å². The predicted octanol–water partition coefficient (Wildman–Crippen LogP) is 3.29. The molecule has 0 radical (unpaired) electrons. The Morgan fingerprint density at radius 2 is 1.43 bits per heavy atom. The molecule has 0 atom stereocenters. The molecule has 0 aliphatic heterocycles. The second-order valence-corrected chi connectivity index (χ2v) is 7.30. The third-order valence-corrected chi connectivity index (χ3v) is 3.73. The number of rotatable bonds is 5. The number of hydrogen-bond acceptors (Lipinski definition) is 4. The Bertz CT molecular complexity index is 778. The number of hydrogen-bond donors (Lipinski definition) is 1. The van der Waals surface area contributed by atoms with Crippen LogP contribution in [0.1, 0.15) is 35.7 Å². The summed E-state index contributed by atoms with van der Waals surface area (Å²) in [4.78, 5) is 11.7. The van der Waals surface area contributed by atoms with E-state index in [9.17, 15) is 13.2 Å². The number of ether oxygens (including phenoxy) is 1. The van der Waals surface area contributed by atoms with Crippen LogP contribution in [0.25, 0.3) is 0 Å². The van der Waals surface area contributed by atoms with Gasteiger partial charge in [0.25, 0.3) is 5.91 Å². The fraction of sp³-hybridized carbons (Fsp3) is 0.235. The standard InChI is InChI=1S/C17H19NO4S/c1-12(2)13-4-8-15(9-5-13)22-16-10-6-14(7-11-16)17(19)18-23(3,20)21/h4-12H,1-3H3,(H,18,19). The van der Waals surface area contributed by atoms with Gasteiger partial charge in [-0.15, -0.1) is 0 Å². The quantitative estimate of drug-likeness (QED) is 0.911. The third kappa shape index (κ3) is 5.10. The molecule has 0 bridgehead atoms. The molecule has 0 saturated heterocycles. The van der Waals surface area contributed by atoms with Crippen molar-refractivity contribution in [2.24, 2.45) is 0 Å². The van der Waals surface area contributed by atoms with E-state index in [1.165, 1.54) is 17.7 Å². The predicted molar refractivity (Wildman–Crippen MR) is 89.4 cm³/mol. The highest BCUT2D eigenvalue weighted by Crippen LogP contribution is 2.24. The van der Waals surface area contributed by atoms with Gasteiger partial charge in [-0.25, -0.2) is 13.1 Å². The molecule has 0 aliphatic carbocycles. The van der Waals surface area contributed by atoms with E-state index in [4.69, 9.17) is 4.74 Å². The van der Waals surface area contributed by atoms with Crippen LogP contribution in [0.4, 0.5) is 0 Å². The van der Waals surface area contributed by atoms with Gasteiger partial charge >= 0.3 is 0 Å². The second kappa shape index (κ2) is 6.83. The molecule has 0 aliphatic rings. The van der Waals surface area contributed by atoms with Gasteiger partial charge in [0.05, 0.1) is 6.26 Å². The van der Waals surface area contributed by atoms with Crippen molar-refractivity contribution in [3.63, 3.8) is 0 Å². The summed E-state index contributed by atoms with van der Waals surface area (Å²) in [6.07, 6.45) is 0.934. The fourth-order valence-corrected chi connectivity index (χ4v) is 2.41. The number of sulfonamides is 1. The van der Waals surface area contributed by atoms with Crippen molar-refractivity contribution in [1.29, 1.82) is 0 Å². The van der Waals surface area contributed by atoms with Crippen LogP contribution in [0, 0.1) is 0 Å². The van der Waals surface area contributed by atoms with E-state index >= 15 is 0 Å². The lowest BCUT2D eigenvalue weighted by atomic mass is 10.0. The van der Waals surface area contributed by atoms with Crippen molar-refractivity contribution >= 4 is 15.9 Å². The minimum absolute atomic E-state index is 0.248. The van der Waals surface area contributed by atoms with Gasteiger partial charge in [0.15, 0.2) is 0 Å². The van der Waals surface area contributed by atoms with Crippen LogP contribution >= 0.6 is 0 Å². The van der Waals surface area contributed by atoms with Gasteiger partial charge in [0.2, 0.25) is 10.0 Å². The summed E-state index contributed by atoms with van der Waals surface area (Å²) in [6, 6.07) is 14.1. The summed E-state index contributed by atoms with van der Waals surface area (Å²) in [6.45, 7) is 4.24. The molecular formula is C17H19NO4S. The molecule has 0 unspecified atom stereocenters. The highest BCUT2D eigenvalue weighted by molar-refractivity contribution is 7.89. The summed E-state index contributed by atoms with van der Waals surface area (Å²) < 4.78 is 29.7. The molecule has 0 spiro atoms. The zero-order valence-corrected chi connectivity index (χ0v) is 14.1. The van der Waals surface area contributed by atoms with Gasteiger partial charge in [-0.05, 0) is 47.9 Å². The minimum Gasteiger partial charge on any atom is -0.457 e. The average Bonchev–Trinajstić information content (AvgIpc) is 2.46. The van der Waals surface area contributed by atoms with Gasteiger partial charge in [0, 0.05) is 5.56 Å². The summed E-state index contributed by atoms with van der Waals surface area (Å²) in [5, 5.41) is 0. The molecule has 1 amide bonds. The Morgan fingerprint density at radius 3 is 1.87 bits per heavy atom. The monoisotopic (exact) mass is 333 g/mol. The lowest BCUT2D eigenvalue weighted by Crippen LogP contribution is -2.29. The Kier molecular flexibility index (Phi) is 5.05. The van der Waals surface area contributed by atoms with E-state index in [0.717, 1.165) is 6.26 Å². The summed E-state index contributed by atoms with van der Waals surface area (Å²) >= 11 is 0. The second-order valence-electron chi connectivity index (χ2n) is 5.55. The molecular weight excluding hydrogens is 314 g/mol. The Balaban J connectivity index is 2.06. The van der Waals surface area contributed by atoms with Crippen LogP contribution in [-0.2, 0) is 10.0 Å². The third-order valence-electron chi connectivity index (χ3n) is 3.18. The lowest BCUT2D eigenvalue weighted by molar-refractivity contribution is 0.0981. The van der Waals surface area contributed by atoms with Gasteiger partial charge in [0.1, 0.15) is 11.5 Å². The van der Waals surface area contributed by atoms with E-state index in [-0.39, 0.29) is 5.56 Å². The molecule has 6 heteroatoms. The molecule has 23 heavy (non-hydrogen) atoms. The van der Waals surface area contributed by atoms with Crippen LogP contribution < -0.4 is 9.46 Å². The highest BCUT2D eigenvalue weighted by Gasteiger charge is 2.11. The first-order valence-electron chi connectivity index (χ1n) is 7.14. The minimum atomic E-state index is -3.57. The van der Waals surface area contributed by atoms with Crippen molar-refractivity contribution in [1.82, 2.24) is 4.72 Å². The number of carbonyl (C=O) groups excluding carboxylic acids is 1. The lowest BCUT2D eigenvalue weighted by Gasteiger charge is -2.09. The molecule has 2 aromatic rings. The first kappa shape index (κ1) is 17.0. The summed E-state index contributed by atoms with van der Waals surface area (Å²) in [5.41, 5.74) is 1.48. The molecule has 2 aromatic carbocycles. The van der Waals surface area contributed by atoms with Crippen molar-refractivity contribution in [3.05, 3.63) is 59.7 Å². The normalized spacial score (nSPS) is 11.3. The van der Waals surface area contributed by atoms with Gasteiger partial charge in [-0.3, -0.25) is 4.79 Å². The zero-order valence-electron chi connectivity index (χ0n) is 13.2. The van der Waals surface area contributed by atoms with Crippen LogP contribution in [0.2, 0.25) is 0 Å². The maximum atomic E-state index is 11.7. The van der Waals surface area contributed by atoms with Crippen molar-refractivity contribution in [3.8, 4) is 11.5 Å². The van der Waals surface area contributed by atoms with E-state index in [1.54, 1.807) is 12.1 Å². The zero-order chi connectivity index (χ0) is 17.0. The largest absolute Gasteiger partial charge is 0.457 e. The number of benzene rings is 2. The van der Waals surface area contributed by atoms with Gasteiger partial charge in [-0.1, -0.05) is 26.0 Å². The smallest absolute Gasteiger partial charge is 0.264 e. The average molecular weight is 333 g/mol. The van der Waals surface area contributed by atoms with Crippen molar-refractivity contribution in [2.75, 3.05) is 6.26 Å². The van der Waals surface area contributed by atoms with Crippen LogP contribution in [0.3, 0.4) is 0 Å². The molecule has 122 valence electrons. The molecule has 1 N–H and O–H groups in total.